The number of rotatable bonds is 8. The van der Waals surface area contributed by atoms with Gasteiger partial charge >= 0.3 is 0 Å². The smallest absolute Gasteiger partial charge is 0.113 e. The molecular weight excluding hydrogens is 608 g/mol. The number of aliphatic hydroxyl groups is 2. The van der Waals surface area contributed by atoms with E-state index < -0.39 is 12.2 Å². The third-order valence-electron chi connectivity index (χ3n) is 12.0. The molecule has 8 nitrogen and oxygen atoms in total. The molecule has 2 aromatic heterocycles. The predicted octanol–water partition coefficient (Wildman–Crippen LogP) is 9.05. The van der Waals surface area contributed by atoms with E-state index in [9.17, 15) is 10.2 Å². The summed E-state index contributed by atoms with van der Waals surface area (Å²) in [5.74, 6) is 0.766. The van der Waals surface area contributed by atoms with Gasteiger partial charge in [0.15, 0.2) is 0 Å². The van der Waals surface area contributed by atoms with Crippen molar-refractivity contribution in [3.8, 4) is 0 Å². The Balaban J connectivity index is 1.35. The van der Waals surface area contributed by atoms with Gasteiger partial charge in [0, 0.05) is 0 Å². The van der Waals surface area contributed by atoms with Crippen LogP contribution in [0.15, 0.2) is 48.5 Å². The zero-order chi connectivity index (χ0) is 35.5. The Hall–Kier alpha value is -2.84. The van der Waals surface area contributed by atoms with Gasteiger partial charge in [-0.05, 0) is 115 Å². The lowest BCUT2D eigenvalue weighted by molar-refractivity contribution is -0.0808. The standard InChI is InChI=1S/C41H62N6O2/c1-38(2,3)24-40(7,8)28-20-26(36(48)34(22-28)46-42-30-15-11-12-16-31(30)43-46)19-27-21-29(41(9,10)25-39(4,5)6)23-35(37(27)49)47-44-32-17-13-14-18-33(32)45-47/h11-18,26-29,34-37,48-49H,19-25H2,1-10H3. The van der Waals surface area contributed by atoms with Crippen molar-refractivity contribution < 1.29 is 10.2 Å². The molecule has 0 saturated heterocycles. The van der Waals surface area contributed by atoms with Gasteiger partial charge in [0.05, 0.1) is 24.3 Å². The first kappa shape index (κ1) is 36.0. The van der Waals surface area contributed by atoms with Crippen molar-refractivity contribution in [3.05, 3.63) is 48.5 Å². The first-order valence-corrected chi connectivity index (χ1v) is 18.8. The van der Waals surface area contributed by atoms with Crippen molar-refractivity contribution in [1.29, 1.82) is 0 Å². The minimum atomic E-state index is -0.609. The van der Waals surface area contributed by atoms with Gasteiger partial charge in [0.25, 0.3) is 0 Å². The summed E-state index contributed by atoms with van der Waals surface area (Å²) in [4.78, 5) is 3.63. The highest BCUT2D eigenvalue weighted by molar-refractivity contribution is 5.73. The second-order valence-corrected chi connectivity index (χ2v) is 19.7. The van der Waals surface area contributed by atoms with Crippen LogP contribution in [0.1, 0.15) is 126 Å². The van der Waals surface area contributed by atoms with E-state index in [1.165, 1.54) is 0 Å². The number of hydrogen-bond acceptors (Lipinski definition) is 6. The van der Waals surface area contributed by atoms with E-state index in [4.69, 9.17) is 20.4 Å². The summed E-state index contributed by atoms with van der Waals surface area (Å²) in [5, 5.41) is 44.2. The lowest BCUT2D eigenvalue weighted by atomic mass is 9.58. The van der Waals surface area contributed by atoms with Crippen LogP contribution in [0.25, 0.3) is 22.1 Å². The van der Waals surface area contributed by atoms with E-state index in [1.54, 1.807) is 0 Å². The maximum absolute atomic E-state index is 12.3. The van der Waals surface area contributed by atoms with E-state index in [1.807, 2.05) is 58.1 Å². The molecule has 2 aliphatic rings. The number of benzene rings is 2. The van der Waals surface area contributed by atoms with Gasteiger partial charge < -0.3 is 10.2 Å². The lowest BCUT2D eigenvalue weighted by Crippen LogP contribution is -2.48. The Bertz CT molecular complexity index is 1530. The monoisotopic (exact) mass is 670 g/mol. The molecule has 8 unspecified atom stereocenters. The maximum Gasteiger partial charge on any atom is 0.113 e. The minimum absolute atomic E-state index is 0.00605. The van der Waals surface area contributed by atoms with Crippen molar-refractivity contribution in [2.45, 2.75) is 138 Å². The second-order valence-electron chi connectivity index (χ2n) is 19.7. The summed E-state index contributed by atoms with van der Waals surface area (Å²) in [7, 11) is 0. The van der Waals surface area contributed by atoms with Crippen LogP contribution in [0.2, 0.25) is 0 Å². The van der Waals surface area contributed by atoms with Gasteiger partial charge in [-0.25, -0.2) is 0 Å². The van der Waals surface area contributed by atoms with E-state index in [0.29, 0.717) is 11.8 Å². The van der Waals surface area contributed by atoms with Crippen LogP contribution >= 0.6 is 0 Å². The van der Waals surface area contributed by atoms with Crippen molar-refractivity contribution >= 4 is 22.1 Å². The molecule has 2 N–H and O–H groups in total. The van der Waals surface area contributed by atoms with Crippen molar-refractivity contribution in [2.75, 3.05) is 0 Å². The summed E-state index contributed by atoms with van der Waals surface area (Å²) < 4.78 is 0. The Morgan fingerprint density at radius 1 is 0.531 bits per heavy atom. The second kappa shape index (κ2) is 13.0. The predicted molar refractivity (Wildman–Crippen MR) is 198 cm³/mol. The molecule has 2 aromatic carbocycles. The lowest BCUT2D eigenvalue weighted by Gasteiger charge is -2.50. The van der Waals surface area contributed by atoms with Gasteiger partial charge in [-0.3, -0.25) is 0 Å². The molecule has 6 rings (SSSR count). The van der Waals surface area contributed by atoms with Crippen LogP contribution < -0.4 is 0 Å². The molecule has 268 valence electrons. The zero-order valence-corrected chi connectivity index (χ0v) is 31.8. The van der Waals surface area contributed by atoms with Crippen LogP contribution in [-0.2, 0) is 0 Å². The Labute approximate surface area is 294 Å². The molecule has 0 aliphatic heterocycles. The van der Waals surface area contributed by atoms with Crippen LogP contribution in [-0.4, -0.2) is 52.4 Å². The number of nitrogens with zero attached hydrogens (tertiary/aromatic N) is 6. The molecule has 2 fully saturated rings. The molecule has 2 aliphatic carbocycles. The largest absolute Gasteiger partial charge is 0.391 e. The van der Waals surface area contributed by atoms with Gasteiger partial charge in [-0.2, -0.15) is 30.0 Å². The minimum Gasteiger partial charge on any atom is -0.391 e. The summed E-state index contributed by atoms with van der Waals surface area (Å²) in [6.45, 7) is 23.6. The number of aromatic nitrogens is 6. The molecule has 0 bridgehead atoms. The van der Waals surface area contributed by atoms with Gasteiger partial charge in [-0.15, -0.1) is 0 Å². The SMILES string of the molecule is CC(C)(C)CC(C)(C)C1CC(CC2CC(C(C)(C)CC(C)(C)C)CC(n3nc4ccccc4n3)C2O)C(O)C(n2nc3ccccc3n2)C1. The molecule has 49 heavy (non-hydrogen) atoms. The molecule has 0 radical (unpaired) electrons. The highest BCUT2D eigenvalue weighted by Gasteiger charge is 2.49. The van der Waals surface area contributed by atoms with Gasteiger partial charge in [0.2, 0.25) is 0 Å². The molecule has 8 atom stereocenters. The summed E-state index contributed by atoms with van der Waals surface area (Å²) in [6.07, 6.45) is 5.23. The van der Waals surface area contributed by atoms with Gasteiger partial charge in [-0.1, -0.05) is 93.5 Å². The van der Waals surface area contributed by atoms with E-state index in [-0.39, 0.29) is 45.6 Å². The van der Waals surface area contributed by atoms with Crippen LogP contribution in [0.3, 0.4) is 0 Å². The fourth-order valence-electron chi connectivity index (χ4n) is 10.4. The Morgan fingerprint density at radius 2 is 0.837 bits per heavy atom. The maximum atomic E-state index is 12.3. The Morgan fingerprint density at radius 3 is 1.12 bits per heavy atom. The molecule has 0 spiro atoms. The zero-order valence-electron chi connectivity index (χ0n) is 31.8. The summed E-state index contributed by atoms with van der Waals surface area (Å²) >= 11 is 0. The fourth-order valence-corrected chi connectivity index (χ4v) is 10.4. The van der Waals surface area contributed by atoms with Crippen LogP contribution in [0, 0.1) is 45.3 Å². The average molecular weight is 671 g/mol. The first-order chi connectivity index (χ1) is 22.8. The average Bonchev–Trinajstić information content (AvgIpc) is 3.61. The molecule has 8 heteroatoms. The quantitative estimate of drug-likeness (QED) is 0.194. The topological polar surface area (TPSA) is 102 Å². The van der Waals surface area contributed by atoms with Gasteiger partial charge in [0.1, 0.15) is 22.1 Å². The number of aliphatic hydroxyl groups excluding tert-OH is 2. The molecule has 0 amide bonds. The third kappa shape index (κ3) is 7.90. The molecular formula is C41H62N6O2. The molecule has 2 saturated carbocycles. The highest BCUT2D eigenvalue weighted by atomic mass is 16.3. The summed E-state index contributed by atoms with van der Waals surface area (Å²) in [5.41, 5.74) is 3.92. The molecule has 2 heterocycles. The number of hydrogen-bond donors (Lipinski definition) is 2. The van der Waals surface area contributed by atoms with E-state index in [2.05, 4.69) is 69.2 Å². The van der Waals surface area contributed by atoms with Crippen molar-refractivity contribution in [3.63, 3.8) is 0 Å². The first-order valence-electron chi connectivity index (χ1n) is 18.8. The van der Waals surface area contributed by atoms with Crippen LogP contribution in [0.4, 0.5) is 0 Å². The fraction of sp³-hybridized carbons (Fsp3) is 0.707. The van der Waals surface area contributed by atoms with Crippen molar-refractivity contribution in [1.82, 2.24) is 30.0 Å². The Kier molecular flexibility index (Phi) is 9.58. The number of fused-ring (bicyclic) bond motifs is 2. The molecule has 4 aromatic rings. The highest BCUT2D eigenvalue weighted by Crippen LogP contribution is 2.54. The summed E-state index contributed by atoms with van der Waals surface area (Å²) in [6, 6.07) is 15.5. The third-order valence-corrected chi connectivity index (χ3v) is 12.0. The van der Waals surface area contributed by atoms with Crippen molar-refractivity contribution in [2.24, 2.45) is 45.3 Å². The van der Waals surface area contributed by atoms with Crippen LogP contribution in [0.5, 0.6) is 0 Å². The van der Waals surface area contributed by atoms with E-state index in [0.717, 1.165) is 67.0 Å². The van der Waals surface area contributed by atoms with E-state index >= 15 is 0 Å². The normalized spacial score (nSPS) is 29.1.